The predicted molar refractivity (Wildman–Crippen MR) is 85.1 cm³/mol. The van der Waals surface area contributed by atoms with Crippen LogP contribution in [0.1, 0.15) is 0 Å². The molecule has 0 unspecified atom stereocenters. The molecule has 0 atom stereocenters. The molecule has 0 spiro atoms. The van der Waals surface area contributed by atoms with Gasteiger partial charge in [-0.1, -0.05) is 24.3 Å². The lowest BCUT2D eigenvalue weighted by Crippen LogP contribution is -1.97. The van der Waals surface area contributed by atoms with E-state index in [1.54, 1.807) is 17.9 Å². The van der Waals surface area contributed by atoms with Crippen molar-refractivity contribution >= 4 is 39.1 Å². The van der Waals surface area contributed by atoms with Crippen LogP contribution >= 0.6 is 22.6 Å². The molecule has 0 N–H and O–H groups in total. The summed E-state index contributed by atoms with van der Waals surface area (Å²) in [7, 11) is 1.75. The van der Waals surface area contributed by atoms with Crippen LogP contribution in [0.25, 0.3) is 26.9 Å². The first-order valence-corrected chi connectivity index (χ1v) is 6.98. The summed E-state index contributed by atoms with van der Waals surface area (Å²) in [5, 5.41) is 5.62. The zero-order valence-corrected chi connectivity index (χ0v) is 12.7. The van der Waals surface area contributed by atoms with Crippen LogP contribution in [-0.4, -0.2) is 9.78 Å². The zero-order chi connectivity index (χ0) is 14.3. The second-order valence-electron chi connectivity index (χ2n) is 4.38. The molecule has 3 rings (SSSR count). The molecule has 0 aliphatic rings. The molecule has 1 aromatic heterocycles. The fourth-order valence-electron chi connectivity index (χ4n) is 2.33. The van der Waals surface area contributed by atoms with Gasteiger partial charge >= 0.3 is 0 Å². The van der Waals surface area contributed by atoms with Crippen LogP contribution < -0.4 is 0 Å². The van der Waals surface area contributed by atoms with Gasteiger partial charge in [-0.05, 0) is 39.4 Å². The van der Waals surface area contributed by atoms with Crippen LogP contribution in [0.4, 0.5) is 10.1 Å². The number of rotatable bonds is 1. The molecule has 0 amide bonds. The Morgan fingerprint density at radius 3 is 2.75 bits per heavy atom. The van der Waals surface area contributed by atoms with Crippen molar-refractivity contribution in [3.05, 3.63) is 57.3 Å². The van der Waals surface area contributed by atoms with Gasteiger partial charge < -0.3 is 0 Å². The maximum absolute atomic E-state index is 14.5. The first-order valence-electron chi connectivity index (χ1n) is 5.90. The minimum absolute atomic E-state index is 0.322. The topological polar surface area (TPSA) is 22.2 Å². The summed E-state index contributed by atoms with van der Waals surface area (Å²) < 4.78 is 16.9. The molecule has 0 fully saturated rings. The average Bonchev–Trinajstić information content (AvgIpc) is 2.77. The quantitative estimate of drug-likeness (QED) is 0.451. The third kappa shape index (κ3) is 1.88. The number of benzene rings is 2. The smallest absolute Gasteiger partial charge is 0.207 e. The van der Waals surface area contributed by atoms with E-state index in [1.807, 2.05) is 24.3 Å². The third-order valence-electron chi connectivity index (χ3n) is 3.22. The van der Waals surface area contributed by atoms with Gasteiger partial charge in [-0.3, -0.25) is 4.68 Å². The van der Waals surface area contributed by atoms with E-state index in [1.165, 1.54) is 6.07 Å². The lowest BCUT2D eigenvalue weighted by molar-refractivity contribution is 0.630. The van der Waals surface area contributed by atoms with Crippen LogP contribution in [0, 0.1) is 16.0 Å². The summed E-state index contributed by atoms with van der Waals surface area (Å²) in [4.78, 5) is 3.56. The lowest BCUT2D eigenvalue weighted by atomic mass is 10.0. The van der Waals surface area contributed by atoms with E-state index in [2.05, 4.69) is 32.5 Å². The van der Waals surface area contributed by atoms with Crippen molar-refractivity contribution in [2.75, 3.05) is 0 Å². The molecule has 5 heteroatoms. The number of fused-ring (bicyclic) bond motifs is 1. The molecule has 0 saturated carbocycles. The van der Waals surface area contributed by atoms with Gasteiger partial charge in [-0.15, -0.1) is 0 Å². The second-order valence-corrected chi connectivity index (χ2v) is 5.54. The Labute approximate surface area is 129 Å². The molecule has 0 aliphatic carbocycles. The van der Waals surface area contributed by atoms with Crippen LogP contribution in [0.15, 0.2) is 36.5 Å². The summed E-state index contributed by atoms with van der Waals surface area (Å²) >= 11 is 2.11. The molecule has 1 heterocycles. The van der Waals surface area contributed by atoms with Gasteiger partial charge in [0.25, 0.3) is 0 Å². The SMILES string of the molecule is [C-]#[N+]c1c(-c2c(I)cnn2C)c(F)cc2ccccc12. The van der Waals surface area contributed by atoms with Gasteiger partial charge in [-0.2, -0.15) is 5.10 Å². The summed E-state index contributed by atoms with van der Waals surface area (Å²) in [6, 6.07) is 8.82. The molecule has 2 aromatic carbocycles. The first kappa shape index (κ1) is 13.1. The van der Waals surface area contributed by atoms with Gasteiger partial charge in [0.2, 0.25) is 5.69 Å². The van der Waals surface area contributed by atoms with Crippen molar-refractivity contribution in [2.45, 2.75) is 0 Å². The minimum atomic E-state index is -0.392. The number of aryl methyl sites for hydroxylation is 1. The fourth-order valence-corrected chi connectivity index (χ4v) is 3.07. The highest BCUT2D eigenvalue weighted by atomic mass is 127. The molecule has 0 bridgehead atoms. The number of nitrogens with zero attached hydrogens (tertiary/aromatic N) is 3. The molecule has 0 aliphatic heterocycles. The summed E-state index contributed by atoms with van der Waals surface area (Å²) in [6.45, 7) is 7.43. The average molecular weight is 377 g/mol. The summed E-state index contributed by atoms with van der Waals surface area (Å²) in [5.41, 5.74) is 1.30. The largest absolute Gasteiger partial charge is 0.268 e. The van der Waals surface area contributed by atoms with Crippen molar-refractivity contribution in [3.8, 4) is 11.3 Å². The van der Waals surface area contributed by atoms with Crippen molar-refractivity contribution in [3.63, 3.8) is 0 Å². The van der Waals surface area contributed by atoms with Gasteiger partial charge in [0.1, 0.15) is 5.82 Å². The van der Waals surface area contributed by atoms with Gasteiger partial charge in [0, 0.05) is 12.6 Å². The minimum Gasteiger partial charge on any atom is -0.268 e. The lowest BCUT2D eigenvalue weighted by Gasteiger charge is -2.10. The van der Waals surface area contributed by atoms with Crippen LogP contribution in [0.3, 0.4) is 0 Å². The van der Waals surface area contributed by atoms with Crippen molar-refractivity contribution in [1.29, 1.82) is 0 Å². The Morgan fingerprint density at radius 2 is 2.10 bits per heavy atom. The number of hydrogen-bond acceptors (Lipinski definition) is 1. The van der Waals surface area contributed by atoms with Gasteiger partial charge in [0.15, 0.2) is 0 Å². The highest BCUT2D eigenvalue weighted by molar-refractivity contribution is 14.1. The molecule has 3 nitrogen and oxygen atoms in total. The van der Waals surface area contributed by atoms with E-state index in [-0.39, 0.29) is 0 Å². The Hall–Kier alpha value is -1.94. The third-order valence-corrected chi connectivity index (χ3v) is 4.01. The molecular formula is C15H9FIN3. The highest BCUT2D eigenvalue weighted by Gasteiger charge is 2.20. The zero-order valence-electron chi connectivity index (χ0n) is 10.6. The van der Waals surface area contributed by atoms with Gasteiger partial charge in [-0.25, -0.2) is 9.24 Å². The standard InChI is InChI=1S/C15H9FIN3/c1-18-14-10-6-4-3-5-9(10)7-11(16)13(14)15-12(17)8-19-20(15)2/h3-8H,2H3. The van der Waals surface area contributed by atoms with E-state index in [9.17, 15) is 4.39 Å². The Morgan fingerprint density at radius 1 is 1.35 bits per heavy atom. The Balaban J connectivity index is 2.48. The van der Waals surface area contributed by atoms with Crippen LogP contribution in [0.2, 0.25) is 0 Å². The van der Waals surface area contributed by atoms with E-state index < -0.39 is 5.82 Å². The van der Waals surface area contributed by atoms with Gasteiger partial charge in [0.05, 0.1) is 22.0 Å². The van der Waals surface area contributed by atoms with Crippen molar-refractivity contribution in [1.82, 2.24) is 9.78 Å². The number of aromatic nitrogens is 2. The first-order chi connectivity index (χ1) is 9.63. The fraction of sp³-hybridized carbons (Fsp3) is 0.0667. The number of halogens is 2. The van der Waals surface area contributed by atoms with E-state index >= 15 is 0 Å². The molecule has 0 saturated heterocycles. The van der Waals surface area contributed by atoms with E-state index in [0.29, 0.717) is 16.9 Å². The van der Waals surface area contributed by atoms with Crippen LogP contribution in [0.5, 0.6) is 0 Å². The maximum Gasteiger partial charge on any atom is 0.207 e. The van der Waals surface area contributed by atoms with E-state index in [0.717, 1.165) is 14.3 Å². The summed E-state index contributed by atoms with van der Waals surface area (Å²) in [6.07, 6.45) is 1.66. The monoisotopic (exact) mass is 377 g/mol. The van der Waals surface area contributed by atoms with E-state index in [4.69, 9.17) is 6.57 Å². The highest BCUT2D eigenvalue weighted by Crippen LogP contribution is 2.40. The summed E-state index contributed by atoms with van der Waals surface area (Å²) in [5.74, 6) is -0.392. The molecule has 0 radical (unpaired) electrons. The maximum atomic E-state index is 14.5. The second kappa shape index (κ2) is 4.87. The van der Waals surface area contributed by atoms with Crippen LogP contribution in [-0.2, 0) is 7.05 Å². The normalized spacial score (nSPS) is 10.7. The Bertz CT molecular complexity index is 842. The van der Waals surface area contributed by atoms with Crippen molar-refractivity contribution < 1.29 is 4.39 Å². The molecular weight excluding hydrogens is 368 g/mol. The van der Waals surface area contributed by atoms with Crippen molar-refractivity contribution in [2.24, 2.45) is 7.05 Å². The molecule has 3 aromatic rings. The number of hydrogen-bond donors (Lipinski definition) is 0. The Kier molecular flexibility index (Phi) is 3.18. The molecule has 20 heavy (non-hydrogen) atoms. The molecule has 98 valence electrons. The predicted octanol–water partition coefficient (Wildman–Crippen LogP) is 4.53.